The highest BCUT2D eigenvalue weighted by Gasteiger charge is 2.51. The van der Waals surface area contributed by atoms with E-state index in [0.29, 0.717) is 0 Å². The minimum atomic E-state index is -0.445. The van der Waals surface area contributed by atoms with Gasteiger partial charge >= 0.3 is 0 Å². The fourth-order valence-electron chi connectivity index (χ4n) is 16.3. The quantitative estimate of drug-likeness (QED) is 0.0985. The normalized spacial score (nSPS) is 12.5. The third-order valence-corrected chi connectivity index (χ3v) is 21.1. The lowest BCUT2D eigenvalue weighted by Crippen LogP contribution is -2.25. The van der Waals surface area contributed by atoms with Crippen molar-refractivity contribution in [3.05, 3.63) is 416 Å². The van der Waals surface area contributed by atoms with E-state index >= 15 is 0 Å². The summed E-state index contributed by atoms with van der Waals surface area (Å²) < 4.78 is 2.46. The average molecular weight is 1290 g/mol. The third kappa shape index (κ3) is 10.3. The van der Waals surface area contributed by atoms with Crippen molar-refractivity contribution in [2.24, 2.45) is 0 Å². The maximum absolute atomic E-state index is 4.60. The first-order valence-electron chi connectivity index (χ1n) is 35.0. The molecule has 0 saturated carbocycles. The molecule has 0 atom stereocenters. The van der Waals surface area contributed by atoms with Crippen LogP contribution >= 0.6 is 0 Å². The third-order valence-electron chi connectivity index (χ3n) is 21.1. The zero-order valence-corrected chi connectivity index (χ0v) is 56.4. The molecule has 18 rings (SSSR count). The second kappa shape index (κ2) is 25.2. The highest BCUT2D eigenvalue weighted by Crippen LogP contribution is 2.63. The number of anilines is 3. The molecule has 101 heavy (non-hydrogen) atoms. The van der Waals surface area contributed by atoms with Crippen LogP contribution in [0.2, 0.25) is 0 Å². The van der Waals surface area contributed by atoms with Crippen LogP contribution in [0.5, 0.6) is 0 Å². The molecule has 476 valence electrons. The Labute approximate surface area is 591 Å². The van der Waals surface area contributed by atoms with E-state index in [1.807, 2.05) is 13.0 Å². The zero-order chi connectivity index (χ0) is 67.5. The molecule has 0 unspecified atom stereocenters. The van der Waals surface area contributed by atoms with E-state index in [-0.39, 0.29) is 0 Å². The summed E-state index contributed by atoms with van der Waals surface area (Å²) in [6.07, 6.45) is 8.29. The van der Waals surface area contributed by atoms with Gasteiger partial charge in [0, 0.05) is 33.5 Å². The van der Waals surface area contributed by atoms with Crippen LogP contribution in [0.15, 0.2) is 383 Å². The number of aryl methyl sites for hydroxylation is 1. The Morgan fingerprint density at radius 1 is 0.307 bits per heavy atom. The molecule has 2 aliphatic rings. The standard InChI is InChI=1S/C99H70N2/c1-4-5-8-23-66(2)82-30-15-16-31-84(82)90-62-74(48-58-85(90)83-29-14-13-24-67(83)3)75-50-60-97-91(63-75)92-64-76(77-49-59-89-88-34-19-22-37-95(88)99(96(89)65-77)93-35-20-17-32-86(93)87-33-18-21-36-94(87)99)51-61-98(92)101(97)81-56-46-73(47-57-81)70-40-38-69(39-41-70)72-44-54-80(55-45-72)100(78-27-11-7-12-28-78)79-52-42-71(43-53-79)68-25-9-6-10-26-68/h4-65H,2H2,1,3H3/b5-4-,23-8-. The van der Waals surface area contributed by atoms with Gasteiger partial charge in [0.05, 0.1) is 16.4 Å². The van der Waals surface area contributed by atoms with Gasteiger partial charge in [-0.3, -0.25) is 0 Å². The molecule has 2 heteroatoms. The van der Waals surface area contributed by atoms with Gasteiger partial charge in [0.15, 0.2) is 0 Å². The predicted octanol–water partition coefficient (Wildman–Crippen LogP) is 26.7. The summed E-state index contributed by atoms with van der Waals surface area (Å²) in [6.45, 7) is 8.85. The first kappa shape index (κ1) is 60.5. The Morgan fingerprint density at radius 3 is 1.23 bits per heavy atom. The van der Waals surface area contributed by atoms with Gasteiger partial charge in [-0.1, -0.05) is 298 Å². The smallest absolute Gasteiger partial charge is 0.0725 e. The van der Waals surface area contributed by atoms with E-state index in [2.05, 4.69) is 393 Å². The number of rotatable bonds is 14. The number of allylic oxidation sites excluding steroid dienone is 5. The monoisotopic (exact) mass is 1290 g/mol. The van der Waals surface area contributed by atoms with E-state index in [1.165, 1.54) is 105 Å². The van der Waals surface area contributed by atoms with E-state index < -0.39 is 5.41 Å². The Morgan fingerprint density at radius 2 is 0.693 bits per heavy atom. The Kier molecular flexibility index (Phi) is 15.1. The number of para-hydroxylation sites is 1. The van der Waals surface area contributed by atoms with Crippen LogP contribution in [0.3, 0.4) is 0 Å². The van der Waals surface area contributed by atoms with Crippen molar-refractivity contribution in [1.82, 2.24) is 4.57 Å². The number of aromatic nitrogens is 1. The number of hydrogen-bond donors (Lipinski definition) is 0. The Hall–Kier alpha value is -12.9. The van der Waals surface area contributed by atoms with Gasteiger partial charge in [-0.05, 0) is 238 Å². The van der Waals surface area contributed by atoms with Crippen molar-refractivity contribution in [3.8, 4) is 106 Å². The van der Waals surface area contributed by atoms with Crippen LogP contribution in [0.1, 0.15) is 40.3 Å². The highest BCUT2D eigenvalue weighted by atomic mass is 15.1. The van der Waals surface area contributed by atoms with E-state index in [4.69, 9.17) is 0 Å². The van der Waals surface area contributed by atoms with Gasteiger partial charge in [-0.15, -0.1) is 0 Å². The molecule has 2 aliphatic carbocycles. The van der Waals surface area contributed by atoms with Gasteiger partial charge in [0.1, 0.15) is 0 Å². The van der Waals surface area contributed by atoms with E-state index in [1.54, 1.807) is 0 Å². The topological polar surface area (TPSA) is 8.17 Å². The fraction of sp³-hybridized carbons (Fsp3) is 0.0303. The first-order valence-corrected chi connectivity index (χ1v) is 35.0. The van der Waals surface area contributed by atoms with Gasteiger partial charge < -0.3 is 9.47 Å². The second-order valence-corrected chi connectivity index (χ2v) is 26.7. The highest BCUT2D eigenvalue weighted by molar-refractivity contribution is 6.12. The van der Waals surface area contributed by atoms with Crippen molar-refractivity contribution in [1.29, 1.82) is 0 Å². The summed E-state index contributed by atoms with van der Waals surface area (Å²) >= 11 is 0. The van der Waals surface area contributed by atoms with E-state index in [9.17, 15) is 0 Å². The SMILES string of the molecule is C=C(/C=C\C=C/C)c1ccccc1-c1cc(-c2ccc3c(c2)c2cc(-c4ccc5c(c4)C4(c6ccccc6-c6ccccc64)c4ccccc4-5)ccc2n3-c2ccc(-c3ccc(-c4ccc(N(c5ccccc5)c5ccc(-c6ccccc6)cc5)cc4)cc3)cc2)ccc1-c1ccccc1C. The van der Waals surface area contributed by atoms with Crippen LogP contribution in [0.4, 0.5) is 17.1 Å². The van der Waals surface area contributed by atoms with E-state index in [0.717, 1.165) is 78.3 Å². The number of hydrogen-bond acceptors (Lipinski definition) is 1. The minimum absolute atomic E-state index is 0.445. The summed E-state index contributed by atoms with van der Waals surface area (Å²) in [4.78, 5) is 2.32. The molecule has 0 bridgehead atoms. The second-order valence-electron chi connectivity index (χ2n) is 26.7. The Balaban J connectivity index is 0.729. The lowest BCUT2D eigenvalue weighted by atomic mass is 9.70. The maximum Gasteiger partial charge on any atom is 0.0725 e. The van der Waals surface area contributed by atoms with Crippen molar-refractivity contribution >= 4 is 44.4 Å². The Bertz CT molecular complexity index is 5880. The first-order chi connectivity index (χ1) is 49.9. The summed E-state index contributed by atoms with van der Waals surface area (Å²) in [6, 6.07) is 130. The van der Waals surface area contributed by atoms with Gasteiger partial charge in [0.25, 0.3) is 0 Å². The van der Waals surface area contributed by atoms with Crippen LogP contribution in [-0.4, -0.2) is 4.57 Å². The van der Waals surface area contributed by atoms with Gasteiger partial charge in [-0.2, -0.15) is 0 Å². The van der Waals surface area contributed by atoms with Gasteiger partial charge in [-0.25, -0.2) is 0 Å². The van der Waals surface area contributed by atoms with Crippen LogP contribution in [0, 0.1) is 6.92 Å². The number of fused-ring (bicyclic) bond motifs is 13. The predicted molar refractivity (Wildman–Crippen MR) is 428 cm³/mol. The maximum atomic E-state index is 4.60. The molecule has 1 spiro atoms. The van der Waals surface area contributed by atoms with Gasteiger partial charge in [0.2, 0.25) is 0 Å². The van der Waals surface area contributed by atoms with Crippen molar-refractivity contribution in [3.63, 3.8) is 0 Å². The molecule has 0 aliphatic heterocycles. The molecule has 0 fully saturated rings. The largest absolute Gasteiger partial charge is 0.311 e. The van der Waals surface area contributed by atoms with Crippen LogP contribution in [0.25, 0.3) is 133 Å². The molecule has 15 aromatic carbocycles. The molecular formula is C99H70N2. The van der Waals surface area contributed by atoms with Crippen molar-refractivity contribution in [2.75, 3.05) is 4.90 Å². The molecule has 0 radical (unpaired) electrons. The zero-order valence-electron chi connectivity index (χ0n) is 56.4. The summed E-state index contributed by atoms with van der Waals surface area (Å²) in [5.41, 5.74) is 36.6. The lowest BCUT2D eigenvalue weighted by molar-refractivity contribution is 0.794. The van der Waals surface area contributed by atoms with Crippen LogP contribution < -0.4 is 4.90 Å². The summed E-state index contributed by atoms with van der Waals surface area (Å²) in [5, 5.41) is 2.38. The molecular weight excluding hydrogens is 1220 g/mol. The molecule has 1 heterocycles. The molecule has 1 aromatic heterocycles. The molecule has 0 saturated heterocycles. The summed E-state index contributed by atoms with van der Waals surface area (Å²) in [5.74, 6) is 0. The summed E-state index contributed by atoms with van der Waals surface area (Å²) in [7, 11) is 0. The average Bonchev–Trinajstić information content (AvgIpc) is 1.51. The number of nitrogens with zero attached hydrogens (tertiary/aromatic N) is 2. The van der Waals surface area contributed by atoms with Crippen LogP contribution in [-0.2, 0) is 5.41 Å². The number of benzene rings is 15. The molecule has 0 amide bonds. The lowest BCUT2D eigenvalue weighted by Gasteiger charge is -2.30. The van der Waals surface area contributed by atoms with Crippen molar-refractivity contribution < 1.29 is 0 Å². The molecule has 2 nitrogen and oxygen atoms in total. The minimum Gasteiger partial charge on any atom is -0.311 e. The fourth-order valence-corrected chi connectivity index (χ4v) is 16.3. The molecule has 0 N–H and O–H groups in total. The molecule has 16 aromatic rings. The van der Waals surface area contributed by atoms with Crippen molar-refractivity contribution in [2.45, 2.75) is 19.3 Å².